The van der Waals surface area contributed by atoms with Crippen LogP contribution in [0.4, 0.5) is 10.5 Å². The molecule has 0 bridgehead atoms. The Balaban J connectivity index is 2.18. The van der Waals surface area contributed by atoms with Crippen molar-refractivity contribution in [1.29, 1.82) is 0 Å². The minimum Gasteiger partial charge on any atom is -0.396 e. The van der Waals surface area contributed by atoms with Crippen LogP contribution in [0.25, 0.3) is 0 Å². The fraction of sp³-hybridized carbons (Fsp3) is 0.417. The summed E-state index contributed by atoms with van der Waals surface area (Å²) in [6.45, 7) is 0.816. The van der Waals surface area contributed by atoms with Crippen LogP contribution in [0.2, 0.25) is 5.02 Å². The third-order valence-electron chi connectivity index (χ3n) is 2.22. The van der Waals surface area contributed by atoms with Gasteiger partial charge in [0.25, 0.3) is 0 Å². The molecule has 0 atom stereocenters. The zero-order valence-corrected chi connectivity index (χ0v) is 10.3. The molecule has 17 heavy (non-hydrogen) atoms. The Hall–Kier alpha value is -1.26. The molecule has 0 aliphatic heterocycles. The maximum absolute atomic E-state index is 11.4. The average Bonchev–Trinajstić information content (AvgIpc) is 2.32. The molecule has 0 saturated carbocycles. The van der Waals surface area contributed by atoms with Gasteiger partial charge in [0.05, 0.1) is 0 Å². The van der Waals surface area contributed by atoms with Gasteiger partial charge in [-0.25, -0.2) is 4.79 Å². The molecule has 0 aliphatic rings. The van der Waals surface area contributed by atoms with Crippen LogP contribution in [-0.4, -0.2) is 24.3 Å². The van der Waals surface area contributed by atoms with Gasteiger partial charge >= 0.3 is 6.03 Å². The summed E-state index contributed by atoms with van der Waals surface area (Å²) in [4.78, 5) is 11.4. The predicted octanol–water partition coefficient (Wildman–Crippen LogP) is 2.62. The minimum absolute atomic E-state index is 0.205. The quantitative estimate of drug-likeness (QED) is 0.685. The largest absolute Gasteiger partial charge is 0.396 e. The molecule has 2 amide bonds. The number of carbonyl (C=O) groups excluding carboxylic acids is 1. The molecule has 1 aromatic rings. The van der Waals surface area contributed by atoms with Crippen LogP contribution in [0, 0.1) is 0 Å². The van der Waals surface area contributed by atoms with E-state index in [1.165, 1.54) is 0 Å². The Labute approximate surface area is 106 Å². The molecular formula is C12H17ClN2O2. The highest BCUT2D eigenvalue weighted by atomic mass is 35.5. The van der Waals surface area contributed by atoms with Gasteiger partial charge < -0.3 is 15.7 Å². The number of hydrogen-bond donors (Lipinski definition) is 3. The zero-order chi connectivity index (χ0) is 12.5. The van der Waals surface area contributed by atoms with Crippen molar-refractivity contribution in [2.24, 2.45) is 0 Å². The highest BCUT2D eigenvalue weighted by Crippen LogP contribution is 2.12. The fourth-order valence-electron chi connectivity index (χ4n) is 1.32. The van der Waals surface area contributed by atoms with Crippen LogP contribution in [0.15, 0.2) is 24.3 Å². The Morgan fingerprint density at radius 3 is 2.53 bits per heavy atom. The summed E-state index contributed by atoms with van der Waals surface area (Å²) in [5.74, 6) is 0. The van der Waals surface area contributed by atoms with E-state index in [-0.39, 0.29) is 12.6 Å². The number of rotatable bonds is 6. The molecule has 0 aromatic heterocycles. The minimum atomic E-state index is -0.226. The number of aliphatic hydroxyl groups is 1. The summed E-state index contributed by atoms with van der Waals surface area (Å²) in [6, 6.07) is 6.70. The van der Waals surface area contributed by atoms with Crippen molar-refractivity contribution in [3.05, 3.63) is 29.3 Å². The maximum Gasteiger partial charge on any atom is 0.319 e. The van der Waals surface area contributed by atoms with Crippen LogP contribution in [-0.2, 0) is 0 Å². The summed E-state index contributed by atoms with van der Waals surface area (Å²) >= 11 is 5.73. The van der Waals surface area contributed by atoms with Gasteiger partial charge in [-0.05, 0) is 43.5 Å². The molecular weight excluding hydrogens is 240 g/mol. The number of anilines is 1. The number of unbranched alkanes of at least 4 members (excludes halogenated alkanes) is 2. The topological polar surface area (TPSA) is 61.4 Å². The molecule has 5 heteroatoms. The molecule has 0 fully saturated rings. The third-order valence-corrected chi connectivity index (χ3v) is 2.47. The Bertz CT molecular complexity index is 341. The van der Waals surface area contributed by atoms with Gasteiger partial charge in [-0.2, -0.15) is 0 Å². The number of halogens is 1. The second kappa shape index (κ2) is 7.92. The second-order valence-corrected chi connectivity index (χ2v) is 4.11. The van der Waals surface area contributed by atoms with Gasteiger partial charge in [0, 0.05) is 23.9 Å². The first-order valence-corrected chi connectivity index (χ1v) is 6.01. The normalized spacial score (nSPS) is 10.0. The molecule has 4 nitrogen and oxygen atoms in total. The van der Waals surface area contributed by atoms with Crippen LogP contribution in [0.1, 0.15) is 19.3 Å². The number of nitrogens with one attached hydrogen (secondary N) is 2. The highest BCUT2D eigenvalue weighted by molar-refractivity contribution is 6.30. The van der Waals surface area contributed by atoms with Crippen LogP contribution >= 0.6 is 11.6 Å². The Kier molecular flexibility index (Phi) is 6.43. The second-order valence-electron chi connectivity index (χ2n) is 3.67. The van der Waals surface area contributed by atoms with E-state index < -0.39 is 0 Å². The van der Waals surface area contributed by atoms with E-state index in [2.05, 4.69) is 10.6 Å². The first kappa shape index (κ1) is 13.8. The van der Waals surface area contributed by atoms with E-state index >= 15 is 0 Å². The molecule has 0 radical (unpaired) electrons. The molecule has 1 rings (SSSR count). The molecule has 3 N–H and O–H groups in total. The molecule has 0 heterocycles. The smallest absolute Gasteiger partial charge is 0.319 e. The van der Waals surface area contributed by atoms with E-state index in [9.17, 15) is 4.79 Å². The van der Waals surface area contributed by atoms with Gasteiger partial charge in [0.15, 0.2) is 0 Å². The first-order chi connectivity index (χ1) is 8.22. The number of hydrogen-bond acceptors (Lipinski definition) is 2. The average molecular weight is 257 g/mol. The van der Waals surface area contributed by atoms with Crippen molar-refractivity contribution in [3.63, 3.8) is 0 Å². The van der Waals surface area contributed by atoms with Crippen molar-refractivity contribution in [2.45, 2.75) is 19.3 Å². The van der Waals surface area contributed by atoms with Crippen molar-refractivity contribution < 1.29 is 9.90 Å². The summed E-state index contributed by atoms with van der Waals surface area (Å²) in [5, 5.41) is 14.7. The summed E-state index contributed by atoms with van der Waals surface area (Å²) < 4.78 is 0. The molecule has 0 saturated heterocycles. The number of urea groups is 1. The highest BCUT2D eigenvalue weighted by Gasteiger charge is 2.00. The lowest BCUT2D eigenvalue weighted by molar-refractivity contribution is 0.251. The van der Waals surface area contributed by atoms with E-state index in [1.807, 2.05) is 0 Å². The fourth-order valence-corrected chi connectivity index (χ4v) is 1.45. The zero-order valence-electron chi connectivity index (χ0n) is 9.58. The molecule has 0 aliphatic carbocycles. The summed E-state index contributed by atoms with van der Waals surface area (Å²) in [7, 11) is 0. The lowest BCUT2D eigenvalue weighted by Gasteiger charge is -2.07. The lowest BCUT2D eigenvalue weighted by atomic mass is 10.2. The van der Waals surface area contributed by atoms with Gasteiger partial charge in [-0.3, -0.25) is 0 Å². The monoisotopic (exact) mass is 256 g/mol. The molecule has 0 unspecified atom stereocenters. The Morgan fingerprint density at radius 2 is 1.88 bits per heavy atom. The van der Waals surface area contributed by atoms with Crippen molar-refractivity contribution in [3.8, 4) is 0 Å². The molecule has 1 aromatic carbocycles. The SMILES string of the molecule is O=C(NCCCCCO)Nc1ccc(Cl)cc1. The van der Waals surface area contributed by atoms with Crippen molar-refractivity contribution in [2.75, 3.05) is 18.5 Å². The lowest BCUT2D eigenvalue weighted by Crippen LogP contribution is -2.29. The molecule has 0 spiro atoms. The van der Waals surface area contributed by atoms with Gasteiger partial charge in [-0.1, -0.05) is 11.6 Å². The number of aliphatic hydroxyl groups excluding tert-OH is 1. The van der Waals surface area contributed by atoms with E-state index in [1.54, 1.807) is 24.3 Å². The standard InChI is InChI=1S/C12H17ClN2O2/c13-10-4-6-11(7-5-10)15-12(17)14-8-2-1-3-9-16/h4-7,16H,1-3,8-9H2,(H2,14,15,17). The van der Waals surface area contributed by atoms with Crippen LogP contribution in [0.5, 0.6) is 0 Å². The Morgan fingerprint density at radius 1 is 1.18 bits per heavy atom. The van der Waals surface area contributed by atoms with E-state index in [0.29, 0.717) is 17.3 Å². The van der Waals surface area contributed by atoms with E-state index in [4.69, 9.17) is 16.7 Å². The maximum atomic E-state index is 11.4. The van der Waals surface area contributed by atoms with Crippen LogP contribution < -0.4 is 10.6 Å². The van der Waals surface area contributed by atoms with Gasteiger partial charge in [0.1, 0.15) is 0 Å². The number of carbonyl (C=O) groups is 1. The molecule has 94 valence electrons. The third kappa shape index (κ3) is 6.14. The number of amides is 2. The predicted molar refractivity (Wildman–Crippen MR) is 69.4 cm³/mol. The van der Waals surface area contributed by atoms with Gasteiger partial charge in [0.2, 0.25) is 0 Å². The first-order valence-electron chi connectivity index (χ1n) is 5.63. The summed E-state index contributed by atoms with van der Waals surface area (Å²) in [6.07, 6.45) is 2.56. The van der Waals surface area contributed by atoms with Crippen molar-refractivity contribution in [1.82, 2.24) is 5.32 Å². The summed E-state index contributed by atoms with van der Waals surface area (Å²) in [5.41, 5.74) is 0.710. The van der Waals surface area contributed by atoms with Gasteiger partial charge in [-0.15, -0.1) is 0 Å². The van der Waals surface area contributed by atoms with E-state index in [0.717, 1.165) is 19.3 Å². The van der Waals surface area contributed by atoms with Crippen LogP contribution in [0.3, 0.4) is 0 Å². The van der Waals surface area contributed by atoms with Crippen molar-refractivity contribution >= 4 is 23.3 Å². The number of benzene rings is 1.